The molecule has 3 nitrogen and oxygen atoms in total. The summed E-state index contributed by atoms with van der Waals surface area (Å²) in [6.45, 7) is 13.2. The number of rotatable bonds is 4. The molecule has 88 valence electrons. The maximum absolute atomic E-state index is 8.75. The molecule has 0 aliphatic heterocycles. The van der Waals surface area contributed by atoms with Crippen LogP contribution >= 0.6 is 0 Å². The summed E-state index contributed by atoms with van der Waals surface area (Å²) in [6.07, 6.45) is 0. The molecule has 0 unspecified atom stereocenters. The molecular weight excluding hydrogens is 207 g/mol. The Balaban J connectivity index is 4.28. The second-order valence-corrected chi connectivity index (χ2v) is 10.3. The van der Waals surface area contributed by atoms with Crippen molar-refractivity contribution in [1.82, 2.24) is 0 Å². The standard InChI is InChI=1S/C10H23BO3Si/c1-9(7-11(12)13)8-14-15(5,6)10(2,3)4/h7,12-13H,8H2,1-6H3/b9-7+. The van der Waals surface area contributed by atoms with Crippen molar-refractivity contribution < 1.29 is 14.5 Å². The summed E-state index contributed by atoms with van der Waals surface area (Å²) in [7, 11) is -3.10. The quantitative estimate of drug-likeness (QED) is 0.726. The van der Waals surface area contributed by atoms with E-state index in [1.165, 1.54) is 5.98 Å². The molecule has 0 heterocycles. The van der Waals surface area contributed by atoms with Crippen molar-refractivity contribution in [3.8, 4) is 0 Å². The minimum Gasteiger partial charge on any atom is -0.424 e. The van der Waals surface area contributed by atoms with E-state index in [1.54, 1.807) is 0 Å². The van der Waals surface area contributed by atoms with E-state index < -0.39 is 15.4 Å². The third kappa shape index (κ3) is 5.51. The first-order valence-electron chi connectivity index (χ1n) is 5.23. The second-order valence-electron chi connectivity index (χ2n) is 5.48. The summed E-state index contributed by atoms with van der Waals surface area (Å²) in [4.78, 5) is 0. The average Bonchev–Trinajstić information content (AvgIpc) is 1.97. The van der Waals surface area contributed by atoms with Gasteiger partial charge in [0.15, 0.2) is 8.32 Å². The molecule has 0 spiro atoms. The minimum atomic E-state index is -1.72. The molecule has 0 aliphatic rings. The van der Waals surface area contributed by atoms with Crippen LogP contribution in [-0.2, 0) is 4.43 Å². The van der Waals surface area contributed by atoms with Gasteiger partial charge in [0.1, 0.15) is 0 Å². The van der Waals surface area contributed by atoms with Crippen molar-refractivity contribution in [3.05, 3.63) is 11.5 Å². The van der Waals surface area contributed by atoms with Crippen LogP contribution in [0.3, 0.4) is 0 Å². The Morgan fingerprint density at radius 2 is 1.80 bits per heavy atom. The normalized spacial score (nSPS) is 14.3. The van der Waals surface area contributed by atoms with E-state index in [-0.39, 0.29) is 5.04 Å². The Morgan fingerprint density at radius 1 is 1.33 bits per heavy atom. The predicted octanol–water partition coefficient (Wildman–Crippen LogP) is 1.97. The van der Waals surface area contributed by atoms with Crippen LogP contribution < -0.4 is 0 Å². The fourth-order valence-electron chi connectivity index (χ4n) is 0.813. The lowest BCUT2D eigenvalue weighted by atomic mass is 9.89. The second kappa shape index (κ2) is 5.30. The maximum Gasteiger partial charge on any atom is 0.480 e. The zero-order valence-corrected chi connectivity index (χ0v) is 11.7. The largest absolute Gasteiger partial charge is 0.480 e. The van der Waals surface area contributed by atoms with Gasteiger partial charge in [-0.25, -0.2) is 0 Å². The van der Waals surface area contributed by atoms with Crippen LogP contribution in [0.5, 0.6) is 0 Å². The SMILES string of the molecule is C/C(=C\B(O)O)CO[Si](C)(C)C(C)(C)C. The van der Waals surface area contributed by atoms with Gasteiger partial charge in [-0.2, -0.15) is 0 Å². The van der Waals surface area contributed by atoms with E-state index in [4.69, 9.17) is 14.5 Å². The molecule has 0 bridgehead atoms. The Labute approximate surface area is 94.4 Å². The molecule has 2 N–H and O–H groups in total. The van der Waals surface area contributed by atoms with E-state index in [1.807, 2.05) is 6.92 Å². The highest BCUT2D eigenvalue weighted by molar-refractivity contribution is 6.74. The van der Waals surface area contributed by atoms with Gasteiger partial charge in [-0.1, -0.05) is 32.3 Å². The first-order valence-corrected chi connectivity index (χ1v) is 8.14. The minimum absolute atomic E-state index is 0.186. The topological polar surface area (TPSA) is 49.7 Å². The van der Waals surface area contributed by atoms with E-state index in [0.29, 0.717) is 6.61 Å². The number of hydrogen-bond acceptors (Lipinski definition) is 3. The fraction of sp³-hybridized carbons (Fsp3) is 0.800. The molecule has 0 aromatic carbocycles. The van der Waals surface area contributed by atoms with Gasteiger partial charge in [-0.3, -0.25) is 0 Å². The molecule has 0 aromatic rings. The third-order valence-electron chi connectivity index (χ3n) is 2.90. The highest BCUT2D eigenvalue weighted by Crippen LogP contribution is 2.36. The van der Waals surface area contributed by atoms with Gasteiger partial charge in [0.05, 0.1) is 6.61 Å². The van der Waals surface area contributed by atoms with Crippen LogP contribution in [-0.4, -0.2) is 32.1 Å². The summed E-state index contributed by atoms with van der Waals surface area (Å²) in [5.41, 5.74) is 0.856. The Hall–Kier alpha value is -0.0982. The van der Waals surface area contributed by atoms with Gasteiger partial charge in [0.2, 0.25) is 0 Å². The molecule has 0 saturated carbocycles. The van der Waals surface area contributed by atoms with Crippen molar-refractivity contribution in [2.45, 2.75) is 45.8 Å². The molecule has 0 fully saturated rings. The van der Waals surface area contributed by atoms with Crippen molar-refractivity contribution in [2.24, 2.45) is 0 Å². The first-order chi connectivity index (χ1) is 6.56. The van der Waals surface area contributed by atoms with Crippen LogP contribution in [0.4, 0.5) is 0 Å². The maximum atomic E-state index is 8.75. The highest BCUT2D eigenvalue weighted by atomic mass is 28.4. The molecule has 0 amide bonds. The molecule has 5 heteroatoms. The van der Waals surface area contributed by atoms with Gasteiger partial charge < -0.3 is 14.5 Å². The molecule has 0 atom stereocenters. The lowest BCUT2D eigenvalue weighted by Crippen LogP contribution is -2.41. The summed E-state index contributed by atoms with van der Waals surface area (Å²) in [5, 5.41) is 17.7. The van der Waals surface area contributed by atoms with Gasteiger partial charge >= 0.3 is 7.12 Å². The van der Waals surface area contributed by atoms with Crippen LogP contribution in [0.25, 0.3) is 0 Å². The average molecular weight is 230 g/mol. The van der Waals surface area contributed by atoms with Crippen LogP contribution in [0, 0.1) is 0 Å². The van der Waals surface area contributed by atoms with Crippen molar-refractivity contribution in [3.63, 3.8) is 0 Å². The molecule has 0 radical (unpaired) electrons. The van der Waals surface area contributed by atoms with E-state index in [9.17, 15) is 0 Å². The molecule has 0 rings (SSSR count). The van der Waals surface area contributed by atoms with Gasteiger partial charge in [0, 0.05) is 0 Å². The summed E-state index contributed by atoms with van der Waals surface area (Å²) >= 11 is 0. The molecular formula is C10H23BO3Si. The number of hydrogen-bond donors (Lipinski definition) is 2. The summed E-state index contributed by atoms with van der Waals surface area (Å²) in [6, 6.07) is 0. The Bertz CT molecular complexity index is 231. The van der Waals surface area contributed by atoms with Crippen LogP contribution in [0.1, 0.15) is 27.7 Å². The lowest BCUT2D eigenvalue weighted by Gasteiger charge is -2.36. The third-order valence-corrected chi connectivity index (χ3v) is 7.38. The summed E-state index contributed by atoms with van der Waals surface area (Å²) in [5.74, 6) is 1.40. The smallest absolute Gasteiger partial charge is 0.424 e. The molecule has 0 saturated heterocycles. The monoisotopic (exact) mass is 230 g/mol. The van der Waals surface area contributed by atoms with Gasteiger partial charge in [-0.05, 0) is 25.1 Å². The molecule has 0 aliphatic carbocycles. The zero-order valence-electron chi connectivity index (χ0n) is 10.7. The lowest BCUT2D eigenvalue weighted by molar-refractivity contribution is 0.318. The van der Waals surface area contributed by atoms with Crippen LogP contribution in [0.15, 0.2) is 11.5 Å². The van der Waals surface area contributed by atoms with Crippen molar-refractivity contribution in [2.75, 3.05) is 6.61 Å². The van der Waals surface area contributed by atoms with Crippen LogP contribution in [0.2, 0.25) is 18.1 Å². The van der Waals surface area contributed by atoms with E-state index in [2.05, 4.69) is 33.9 Å². The van der Waals surface area contributed by atoms with Gasteiger partial charge in [-0.15, -0.1) is 0 Å². The van der Waals surface area contributed by atoms with Gasteiger partial charge in [0.25, 0.3) is 0 Å². The van der Waals surface area contributed by atoms with Crippen molar-refractivity contribution >= 4 is 15.4 Å². The highest BCUT2D eigenvalue weighted by Gasteiger charge is 2.36. The Morgan fingerprint density at radius 3 is 2.13 bits per heavy atom. The van der Waals surface area contributed by atoms with Crippen molar-refractivity contribution in [1.29, 1.82) is 0 Å². The van der Waals surface area contributed by atoms with E-state index >= 15 is 0 Å². The molecule has 0 aromatic heterocycles. The Kier molecular flexibility index (Phi) is 5.26. The molecule has 15 heavy (non-hydrogen) atoms. The first kappa shape index (κ1) is 14.9. The zero-order chi connectivity index (χ0) is 12.3. The summed E-state index contributed by atoms with van der Waals surface area (Å²) < 4.78 is 5.90. The predicted molar refractivity (Wildman–Crippen MR) is 67.1 cm³/mol. The van der Waals surface area contributed by atoms with E-state index in [0.717, 1.165) is 5.57 Å². The fourth-order valence-corrected chi connectivity index (χ4v) is 1.83.